The highest BCUT2D eigenvalue weighted by Gasteiger charge is 2.25. The summed E-state index contributed by atoms with van der Waals surface area (Å²) < 4.78 is 2.25. The second-order valence-corrected chi connectivity index (χ2v) is 7.02. The minimum atomic E-state index is -0.126. The Balaban J connectivity index is 1.57. The molecule has 0 aromatic carbocycles. The van der Waals surface area contributed by atoms with Crippen molar-refractivity contribution in [2.75, 3.05) is 24.6 Å². The zero-order chi connectivity index (χ0) is 17.8. The molecule has 0 saturated carbocycles. The first-order chi connectivity index (χ1) is 12.8. The average Bonchev–Trinajstić information content (AvgIpc) is 3.36. The van der Waals surface area contributed by atoms with Crippen LogP contribution in [0.4, 0.5) is 5.95 Å². The molecular formula is C19H19N5OS. The van der Waals surface area contributed by atoms with E-state index in [4.69, 9.17) is 5.11 Å². The number of aliphatic hydroxyl groups excluding tert-OH is 1. The summed E-state index contributed by atoms with van der Waals surface area (Å²) in [4.78, 5) is 16.7. The lowest BCUT2D eigenvalue weighted by Crippen LogP contribution is -2.37. The average molecular weight is 365 g/mol. The number of thiophene rings is 1. The molecule has 3 aromatic heterocycles. The van der Waals surface area contributed by atoms with Crippen molar-refractivity contribution < 1.29 is 5.11 Å². The lowest BCUT2D eigenvalue weighted by molar-refractivity contribution is 0.350. The molecule has 4 heterocycles. The van der Waals surface area contributed by atoms with Crippen LogP contribution in [-0.2, 0) is 0 Å². The fourth-order valence-electron chi connectivity index (χ4n) is 3.28. The van der Waals surface area contributed by atoms with Gasteiger partial charge < -0.3 is 14.6 Å². The van der Waals surface area contributed by atoms with Crippen LogP contribution >= 0.6 is 11.3 Å². The molecule has 0 amide bonds. The molecule has 0 spiro atoms. The van der Waals surface area contributed by atoms with Crippen LogP contribution in [0.25, 0.3) is 10.7 Å². The number of nitrogens with zero attached hydrogens (tertiary/aromatic N) is 5. The minimum Gasteiger partial charge on any atom is -0.384 e. The van der Waals surface area contributed by atoms with Crippen molar-refractivity contribution in [2.24, 2.45) is 0 Å². The second kappa shape index (κ2) is 7.68. The third-order valence-corrected chi connectivity index (χ3v) is 5.35. The van der Waals surface area contributed by atoms with E-state index in [1.165, 1.54) is 0 Å². The molecule has 1 atom stereocenters. The number of piperidine rings is 1. The van der Waals surface area contributed by atoms with Crippen LogP contribution in [0.15, 0.2) is 42.3 Å². The fourth-order valence-corrected chi connectivity index (χ4v) is 4.12. The van der Waals surface area contributed by atoms with Crippen LogP contribution in [0.5, 0.6) is 0 Å². The molecule has 4 rings (SSSR count). The van der Waals surface area contributed by atoms with Crippen molar-refractivity contribution in [2.45, 2.75) is 18.9 Å². The summed E-state index contributed by atoms with van der Waals surface area (Å²) in [6.45, 7) is 1.72. The number of anilines is 1. The fraction of sp³-hybridized carbons (Fsp3) is 0.316. The highest BCUT2D eigenvalue weighted by Crippen LogP contribution is 2.31. The van der Waals surface area contributed by atoms with Gasteiger partial charge in [0.05, 0.1) is 10.9 Å². The molecule has 132 valence electrons. The Morgan fingerprint density at radius 3 is 2.96 bits per heavy atom. The van der Waals surface area contributed by atoms with Gasteiger partial charge in [0.25, 0.3) is 0 Å². The summed E-state index contributed by atoms with van der Waals surface area (Å²) in [6, 6.07) is 4.21. The molecule has 0 radical (unpaired) electrons. The van der Waals surface area contributed by atoms with E-state index < -0.39 is 0 Å². The minimum absolute atomic E-state index is 0.126. The van der Waals surface area contributed by atoms with Gasteiger partial charge in [-0.15, -0.1) is 11.3 Å². The van der Waals surface area contributed by atoms with E-state index in [-0.39, 0.29) is 6.61 Å². The maximum atomic E-state index is 8.85. The van der Waals surface area contributed by atoms with Crippen molar-refractivity contribution in [1.82, 2.24) is 19.5 Å². The molecule has 7 heteroatoms. The Morgan fingerprint density at radius 2 is 2.12 bits per heavy atom. The Hall–Kier alpha value is -2.69. The van der Waals surface area contributed by atoms with Gasteiger partial charge in [0.15, 0.2) is 0 Å². The predicted octanol–water partition coefficient (Wildman–Crippen LogP) is 2.59. The number of rotatable bonds is 3. The highest BCUT2D eigenvalue weighted by molar-refractivity contribution is 7.13. The van der Waals surface area contributed by atoms with E-state index >= 15 is 0 Å². The number of hydrogen-bond donors (Lipinski definition) is 1. The molecule has 1 saturated heterocycles. The number of aromatic nitrogens is 4. The van der Waals surface area contributed by atoms with Gasteiger partial charge in [-0.25, -0.2) is 15.0 Å². The lowest BCUT2D eigenvalue weighted by atomic mass is 10.1. The summed E-state index contributed by atoms with van der Waals surface area (Å²) >= 11 is 1.63. The highest BCUT2D eigenvalue weighted by atomic mass is 32.1. The smallest absolute Gasteiger partial charge is 0.225 e. The van der Waals surface area contributed by atoms with Crippen LogP contribution in [0.1, 0.15) is 24.4 Å². The zero-order valence-corrected chi connectivity index (χ0v) is 15.1. The van der Waals surface area contributed by atoms with Gasteiger partial charge in [0, 0.05) is 48.8 Å². The lowest BCUT2D eigenvalue weighted by Gasteiger charge is -2.33. The summed E-state index contributed by atoms with van der Waals surface area (Å²) in [7, 11) is 0. The van der Waals surface area contributed by atoms with E-state index in [1.807, 2.05) is 29.9 Å². The van der Waals surface area contributed by atoms with Crippen molar-refractivity contribution in [3.05, 3.63) is 47.9 Å². The molecule has 1 aliphatic rings. The van der Waals surface area contributed by atoms with Crippen LogP contribution in [0, 0.1) is 11.8 Å². The Kier molecular flexibility index (Phi) is 4.95. The third-order valence-electron chi connectivity index (χ3n) is 4.43. The zero-order valence-electron chi connectivity index (χ0n) is 14.2. The van der Waals surface area contributed by atoms with Crippen LogP contribution in [0.2, 0.25) is 0 Å². The molecule has 0 unspecified atom stereocenters. The van der Waals surface area contributed by atoms with Crippen molar-refractivity contribution in [1.29, 1.82) is 0 Å². The normalized spacial score (nSPS) is 17.0. The van der Waals surface area contributed by atoms with Crippen molar-refractivity contribution in [3.8, 4) is 22.5 Å². The Labute approximate surface area is 156 Å². The quantitative estimate of drug-likeness (QED) is 0.723. The topological polar surface area (TPSA) is 67.1 Å². The van der Waals surface area contributed by atoms with Gasteiger partial charge in [0.2, 0.25) is 5.95 Å². The first-order valence-corrected chi connectivity index (χ1v) is 9.46. The SMILES string of the molecule is OCC#Cc1csc(-c2nccn2[C@H]2CCCN(c3ncccn3)C2)c1. The summed E-state index contributed by atoms with van der Waals surface area (Å²) in [5.41, 5.74) is 0.913. The largest absolute Gasteiger partial charge is 0.384 e. The van der Waals surface area contributed by atoms with Gasteiger partial charge in [-0.2, -0.15) is 0 Å². The maximum Gasteiger partial charge on any atom is 0.225 e. The second-order valence-electron chi connectivity index (χ2n) is 6.11. The van der Waals surface area contributed by atoms with Crippen molar-refractivity contribution >= 4 is 17.3 Å². The number of hydrogen-bond acceptors (Lipinski definition) is 6. The van der Waals surface area contributed by atoms with Gasteiger partial charge in [0.1, 0.15) is 12.4 Å². The summed E-state index contributed by atoms with van der Waals surface area (Å²) in [5.74, 6) is 7.40. The van der Waals surface area contributed by atoms with Gasteiger partial charge in [-0.1, -0.05) is 11.8 Å². The predicted molar refractivity (Wildman–Crippen MR) is 102 cm³/mol. The van der Waals surface area contributed by atoms with Crippen LogP contribution < -0.4 is 4.90 Å². The van der Waals surface area contributed by atoms with E-state index in [0.717, 1.165) is 48.1 Å². The van der Waals surface area contributed by atoms with E-state index in [2.05, 4.69) is 36.3 Å². The number of aliphatic hydroxyl groups is 1. The molecule has 1 N–H and O–H groups in total. The Bertz CT molecular complexity index is 924. The van der Waals surface area contributed by atoms with E-state index in [9.17, 15) is 0 Å². The molecule has 6 nitrogen and oxygen atoms in total. The maximum absolute atomic E-state index is 8.85. The third kappa shape index (κ3) is 3.47. The molecule has 1 aliphatic heterocycles. The van der Waals surface area contributed by atoms with Gasteiger partial charge >= 0.3 is 0 Å². The van der Waals surface area contributed by atoms with Crippen LogP contribution in [-0.4, -0.2) is 44.3 Å². The van der Waals surface area contributed by atoms with E-state index in [0.29, 0.717) is 6.04 Å². The van der Waals surface area contributed by atoms with Crippen LogP contribution in [0.3, 0.4) is 0 Å². The molecule has 26 heavy (non-hydrogen) atoms. The molecular weight excluding hydrogens is 346 g/mol. The Morgan fingerprint density at radius 1 is 1.23 bits per heavy atom. The molecule has 0 bridgehead atoms. The first-order valence-electron chi connectivity index (χ1n) is 8.58. The number of imidazole rings is 1. The van der Waals surface area contributed by atoms with Gasteiger partial charge in [-0.05, 0) is 25.0 Å². The first kappa shape index (κ1) is 16.8. The van der Waals surface area contributed by atoms with Crippen molar-refractivity contribution in [3.63, 3.8) is 0 Å². The van der Waals surface area contributed by atoms with E-state index in [1.54, 1.807) is 23.7 Å². The standard InChI is InChI=1S/C19H19N5OS/c25-11-2-4-15-12-17(26-14-15)18-20-8-10-24(18)16-5-1-9-23(13-16)19-21-6-3-7-22-19/h3,6-8,10,12,14,16,25H,1,5,9,11,13H2/t16-/m0/s1. The molecule has 0 aliphatic carbocycles. The monoisotopic (exact) mass is 365 g/mol. The summed E-state index contributed by atoms with van der Waals surface area (Å²) in [6.07, 6.45) is 9.68. The molecule has 1 fully saturated rings. The molecule has 3 aromatic rings. The van der Waals surface area contributed by atoms with Gasteiger partial charge in [-0.3, -0.25) is 0 Å². The summed E-state index contributed by atoms with van der Waals surface area (Å²) in [5, 5.41) is 10.9.